The number of hydrogen-bond acceptors (Lipinski definition) is 3. The van der Waals surface area contributed by atoms with Gasteiger partial charge in [0, 0.05) is 18.5 Å². The zero-order chi connectivity index (χ0) is 15.0. The minimum absolute atomic E-state index is 0.0158. The zero-order valence-electron chi connectivity index (χ0n) is 13.0. The lowest BCUT2D eigenvalue weighted by Crippen LogP contribution is -2.54. The molecule has 0 saturated carbocycles. The number of fused-ring (bicyclic) bond motifs is 1. The Hall–Kier alpha value is -1.55. The molecule has 1 amide bonds. The van der Waals surface area contributed by atoms with Gasteiger partial charge in [-0.2, -0.15) is 0 Å². The van der Waals surface area contributed by atoms with E-state index in [1.807, 2.05) is 6.07 Å². The summed E-state index contributed by atoms with van der Waals surface area (Å²) in [5.41, 5.74) is 3.61. The van der Waals surface area contributed by atoms with Crippen molar-refractivity contribution in [3.05, 3.63) is 28.8 Å². The lowest BCUT2D eigenvalue weighted by atomic mass is 9.99. The molecule has 4 nitrogen and oxygen atoms in total. The summed E-state index contributed by atoms with van der Waals surface area (Å²) in [4.78, 5) is 12.4. The molecule has 0 bridgehead atoms. The van der Waals surface area contributed by atoms with E-state index in [0.29, 0.717) is 12.5 Å². The summed E-state index contributed by atoms with van der Waals surface area (Å²) < 4.78 is 5.85. The van der Waals surface area contributed by atoms with Gasteiger partial charge in [-0.1, -0.05) is 6.07 Å². The van der Waals surface area contributed by atoms with Crippen LogP contribution in [0, 0.1) is 13.8 Å². The summed E-state index contributed by atoms with van der Waals surface area (Å²) in [6.45, 7) is 7.33. The van der Waals surface area contributed by atoms with Gasteiger partial charge in [-0.05, 0) is 62.9 Å². The van der Waals surface area contributed by atoms with Crippen LogP contribution in [-0.2, 0) is 11.2 Å². The van der Waals surface area contributed by atoms with Crippen LogP contribution in [0.25, 0.3) is 0 Å². The number of amides is 1. The number of carbonyl (C=O) groups is 1. The Balaban J connectivity index is 1.65. The summed E-state index contributed by atoms with van der Waals surface area (Å²) in [5, 5.41) is 6.55. The van der Waals surface area contributed by atoms with Crippen LogP contribution in [-0.4, -0.2) is 30.6 Å². The molecule has 1 aromatic carbocycles. The molecule has 1 fully saturated rings. The van der Waals surface area contributed by atoms with Gasteiger partial charge in [-0.3, -0.25) is 4.79 Å². The molecule has 114 valence electrons. The SMILES string of the molecule is Cc1cc2c(cc1C)OC(C(=O)NC1CCCNC1C)C2. The second-order valence-electron chi connectivity index (χ2n) is 6.35. The Bertz CT molecular complexity index is 525. The fourth-order valence-electron chi connectivity index (χ4n) is 3.18. The van der Waals surface area contributed by atoms with Gasteiger partial charge in [0.05, 0.1) is 0 Å². The first-order chi connectivity index (χ1) is 10.0. The number of hydrogen-bond donors (Lipinski definition) is 2. The van der Waals surface area contributed by atoms with Crippen LogP contribution in [0.15, 0.2) is 12.1 Å². The standard InChI is InChI=1S/C17H24N2O2/c1-10-7-13-9-16(21-15(13)8-11(10)2)17(20)19-14-5-4-6-18-12(14)3/h7-8,12,14,16,18H,4-6,9H2,1-3H3,(H,19,20). The molecule has 3 unspecified atom stereocenters. The van der Waals surface area contributed by atoms with Gasteiger partial charge in [0.15, 0.2) is 6.10 Å². The monoisotopic (exact) mass is 288 g/mol. The van der Waals surface area contributed by atoms with E-state index in [1.54, 1.807) is 0 Å². The maximum absolute atomic E-state index is 12.4. The zero-order valence-corrected chi connectivity index (χ0v) is 13.0. The van der Waals surface area contributed by atoms with Gasteiger partial charge in [-0.15, -0.1) is 0 Å². The average molecular weight is 288 g/mol. The van der Waals surface area contributed by atoms with Crippen molar-refractivity contribution in [1.29, 1.82) is 0 Å². The van der Waals surface area contributed by atoms with Gasteiger partial charge in [0.2, 0.25) is 0 Å². The number of piperidine rings is 1. The first kappa shape index (κ1) is 14.4. The first-order valence-electron chi connectivity index (χ1n) is 7.85. The van der Waals surface area contributed by atoms with E-state index in [0.717, 1.165) is 30.7 Å². The highest BCUT2D eigenvalue weighted by Gasteiger charge is 2.32. The molecular formula is C17H24N2O2. The van der Waals surface area contributed by atoms with E-state index in [1.165, 1.54) is 11.1 Å². The summed E-state index contributed by atoms with van der Waals surface area (Å²) in [7, 11) is 0. The van der Waals surface area contributed by atoms with Gasteiger partial charge in [0.25, 0.3) is 5.91 Å². The third-order valence-electron chi connectivity index (χ3n) is 4.73. The molecule has 1 saturated heterocycles. The minimum Gasteiger partial charge on any atom is -0.480 e. The third kappa shape index (κ3) is 2.91. The number of rotatable bonds is 2. The van der Waals surface area contributed by atoms with Crippen molar-refractivity contribution in [2.45, 2.75) is 58.2 Å². The Morgan fingerprint density at radius 1 is 1.33 bits per heavy atom. The lowest BCUT2D eigenvalue weighted by Gasteiger charge is -2.31. The Morgan fingerprint density at radius 2 is 2.10 bits per heavy atom. The van der Waals surface area contributed by atoms with Crippen LogP contribution in [0.4, 0.5) is 0 Å². The largest absolute Gasteiger partial charge is 0.480 e. The molecule has 2 aliphatic rings. The molecule has 2 N–H and O–H groups in total. The normalized spacial score (nSPS) is 27.9. The minimum atomic E-state index is -0.379. The molecule has 2 heterocycles. The van der Waals surface area contributed by atoms with Crippen molar-refractivity contribution in [2.24, 2.45) is 0 Å². The van der Waals surface area contributed by atoms with Crippen molar-refractivity contribution < 1.29 is 9.53 Å². The maximum atomic E-state index is 12.4. The van der Waals surface area contributed by atoms with Gasteiger partial charge in [-0.25, -0.2) is 0 Å². The number of carbonyl (C=O) groups excluding carboxylic acids is 1. The van der Waals surface area contributed by atoms with Gasteiger partial charge in [0.1, 0.15) is 5.75 Å². The molecule has 0 aromatic heterocycles. The average Bonchev–Trinajstić information content (AvgIpc) is 2.85. The Morgan fingerprint density at radius 3 is 2.86 bits per heavy atom. The topological polar surface area (TPSA) is 50.4 Å². The predicted molar refractivity (Wildman–Crippen MR) is 82.7 cm³/mol. The molecule has 0 radical (unpaired) electrons. The summed E-state index contributed by atoms with van der Waals surface area (Å²) in [6, 6.07) is 4.73. The Labute approximate surface area is 126 Å². The predicted octanol–water partition coefficient (Wildman–Crippen LogP) is 1.86. The quantitative estimate of drug-likeness (QED) is 0.873. The van der Waals surface area contributed by atoms with Crippen LogP contribution in [0.2, 0.25) is 0 Å². The van der Waals surface area contributed by atoms with Crippen molar-refractivity contribution in [3.8, 4) is 5.75 Å². The van der Waals surface area contributed by atoms with Crippen molar-refractivity contribution in [1.82, 2.24) is 10.6 Å². The number of aryl methyl sites for hydroxylation is 2. The van der Waals surface area contributed by atoms with E-state index in [-0.39, 0.29) is 18.1 Å². The van der Waals surface area contributed by atoms with Crippen LogP contribution in [0.3, 0.4) is 0 Å². The van der Waals surface area contributed by atoms with Gasteiger partial charge < -0.3 is 15.4 Å². The highest BCUT2D eigenvalue weighted by Crippen LogP contribution is 2.31. The second-order valence-corrected chi connectivity index (χ2v) is 6.35. The molecule has 21 heavy (non-hydrogen) atoms. The molecule has 3 rings (SSSR count). The number of benzene rings is 1. The van der Waals surface area contributed by atoms with Gasteiger partial charge >= 0.3 is 0 Å². The van der Waals surface area contributed by atoms with Crippen molar-refractivity contribution >= 4 is 5.91 Å². The fourth-order valence-corrected chi connectivity index (χ4v) is 3.18. The van der Waals surface area contributed by atoms with E-state index in [4.69, 9.17) is 4.74 Å². The van der Waals surface area contributed by atoms with Crippen molar-refractivity contribution in [3.63, 3.8) is 0 Å². The molecule has 4 heteroatoms. The molecule has 3 atom stereocenters. The molecular weight excluding hydrogens is 264 g/mol. The second kappa shape index (κ2) is 5.68. The molecule has 2 aliphatic heterocycles. The smallest absolute Gasteiger partial charge is 0.261 e. The number of nitrogens with one attached hydrogen (secondary N) is 2. The highest BCUT2D eigenvalue weighted by molar-refractivity contribution is 5.83. The van der Waals surface area contributed by atoms with E-state index in [2.05, 4.69) is 37.5 Å². The van der Waals surface area contributed by atoms with Crippen LogP contribution in [0.1, 0.15) is 36.5 Å². The van der Waals surface area contributed by atoms with Crippen LogP contribution in [0.5, 0.6) is 5.75 Å². The summed E-state index contributed by atoms with van der Waals surface area (Å²) in [5.74, 6) is 0.884. The first-order valence-corrected chi connectivity index (χ1v) is 7.85. The maximum Gasteiger partial charge on any atom is 0.261 e. The molecule has 1 aromatic rings. The summed E-state index contributed by atoms with van der Waals surface area (Å²) >= 11 is 0. The Kier molecular flexibility index (Phi) is 3.89. The van der Waals surface area contributed by atoms with E-state index in [9.17, 15) is 4.79 Å². The molecule has 0 aliphatic carbocycles. The summed E-state index contributed by atoms with van der Waals surface area (Å²) in [6.07, 6.45) is 2.45. The van der Waals surface area contributed by atoms with E-state index < -0.39 is 0 Å². The lowest BCUT2D eigenvalue weighted by molar-refractivity contribution is -0.128. The van der Waals surface area contributed by atoms with Crippen molar-refractivity contribution in [2.75, 3.05) is 6.54 Å². The van der Waals surface area contributed by atoms with Crippen LogP contribution < -0.4 is 15.4 Å². The fraction of sp³-hybridized carbons (Fsp3) is 0.588. The molecule has 0 spiro atoms. The number of ether oxygens (including phenoxy) is 1. The van der Waals surface area contributed by atoms with E-state index >= 15 is 0 Å². The van der Waals surface area contributed by atoms with Crippen LogP contribution >= 0.6 is 0 Å². The third-order valence-corrected chi connectivity index (χ3v) is 4.73. The highest BCUT2D eigenvalue weighted by atomic mass is 16.5.